The molecule has 2 N–H and O–H groups in total. The molecule has 1 heterocycles. The summed E-state index contributed by atoms with van der Waals surface area (Å²) in [4.78, 5) is 23.7. The number of halogens is 2. The Kier molecular flexibility index (Phi) is 3.40. The van der Waals surface area contributed by atoms with Gasteiger partial charge in [-0.05, 0) is 18.2 Å². The van der Waals surface area contributed by atoms with Crippen LogP contribution in [0.15, 0.2) is 24.3 Å². The predicted octanol–water partition coefficient (Wildman–Crippen LogP) is 1.42. The van der Waals surface area contributed by atoms with Gasteiger partial charge >= 0.3 is 12.5 Å². The molecule has 0 atom stereocenters. The van der Waals surface area contributed by atoms with Crippen molar-refractivity contribution in [3.63, 3.8) is 0 Å². The summed E-state index contributed by atoms with van der Waals surface area (Å²) >= 11 is 0. The maximum absolute atomic E-state index is 12.1. The summed E-state index contributed by atoms with van der Waals surface area (Å²) in [6.07, 6.45) is -3.07. The molecular weight excluding hydrogens is 244 g/mol. The van der Waals surface area contributed by atoms with Gasteiger partial charge in [-0.1, -0.05) is 6.07 Å². The van der Waals surface area contributed by atoms with E-state index in [9.17, 15) is 18.4 Å². The van der Waals surface area contributed by atoms with E-state index >= 15 is 0 Å². The minimum atomic E-state index is -3.07. The van der Waals surface area contributed by atoms with Crippen molar-refractivity contribution >= 4 is 23.3 Å². The van der Waals surface area contributed by atoms with E-state index in [1.165, 1.54) is 17.0 Å². The number of alkyl halides is 2. The van der Waals surface area contributed by atoms with Gasteiger partial charge in [0, 0.05) is 24.5 Å². The quantitative estimate of drug-likeness (QED) is 0.858. The maximum atomic E-state index is 12.1. The van der Waals surface area contributed by atoms with Crippen LogP contribution < -0.4 is 15.5 Å². The number of benzene rings is 1. The fourth-order valence-electron chi connectivity index (χ4n) is 1.67. The number of nitrogens with one attached hydrogen (secondary N) is 2. The molecule has 3 amide bonds. The fraction of sp³-hybridized carbons (Fsp3) is 0.273. The van der Waals surface area contributed by atoms with Gasteiger partial charge in [-0.2, -0.15) is 8.78 Å². The number of hydrogen-bond donors (Lipinski definition) is 2. The zero-order chi connectivity index (χ0) is 13.1. The van der Waals surface area contributed by atoms with Crippen LogP contribution in [-0.2, 0) is 4.79 Å². The molecule has 1 aliphatic heterocycles. The van der Waals surface area contributed by atoms with Gasteiger partial charge < -0.3 is 10.6 Å². The lowest BCUT2D eigenvalue weighted by Gasteiger charge is -2.15. The van der Waals surface area contributed by atoms with Crippen molar-refractivity contribution in [3.05, 3.63) is 24.3 Å². The van der Waals surface area contributed by atoms with Crippen molar-refractivity contribution in [2.24, 2.45) is 0 Å². The lowest BCUT2D eigenvalue weighted by molar-refractivity contribution is -0.126. The van der Waals surface area contributed by atoms with Crippen LogP contribution in [0.3, 0.4) is 0 Å². The van der Waals surface area contributed by atoms with E-state index in [0.29, 0.717) is 18.8 Å². The van der Waals surface area contributed by atoms with Gasteiger partial charge in [0.15, 0.2) is 0 Å². The minimum absolute atomic E-state index is 0.234. The molecule has 7 heteroatoms. The Balaban J connectivity index is 2.15. The third kappa shape index (κ3) is 2.55. The second kappa shape index (κ2) is 4.99. The summed E-state index contributed by atoms with van der Waals surface area (Å²) in [5.74, 6) is -1.36. The molecule has 0 saturated carbocycles. The Bertz CT molecular complexity index is 479. The first-order valence-corrected chi connectivity index (χ1v) is 5.32. The first-order valence-electron chi connectivity index (χ1n) is 5.32. The SMILES string of the molecule is O=C(Nc1cccc(N2CCNC2=O)c1)C(F)F. The van der Waals surface area contributed by atoms with Gasteiger partial charge in [0.2, 0.25) is 0 Å². The molecule has 1 aromatic rings. The van der Waals surface area contributed by atoms with E-state index in [2.05, 4.69) is 10.6 Å². The topological polar surface area (TPSA) is 61.4 Å². The second-order valence-electron chi connectivity index (χ2n) is 3.72. The third-order valence-electron chi connectivity index (χ3n) is 2.48. The molecule has 0 radical (unpaired) electrons. The van der Waals surface area contributed by atoms with Crippen LogP contribution in [0, 0.1) is 0 Å². The van der Waals surface area contributed by atoms with Crippen LogP contribution >= 0.6 is 0 Å². The maximum Gasteiger partial charge on any atom is 0.321 e. The number of amides is 3. The summed E-state index contributed by atoms with van der Waals surface area (Å²) in [6.45, 7) is 1.04. The van der Waals surface area contributed by atoms with Gasteiger partial charge in [-0.15, -0.1) is 0 Å². The van der Waals surface area contributed by atoms with Crippen molar-refractivity contribution in [1.29, 1.82) is 0 Å². The number of hydrogen-bond acceptors (Lipinski definition) is 2. The van der Waals surface area contributed by atoms with Crippen molar-refractivity contribution in [3.8, 4) is 0 Å². The second-order valence-corrected chi connectivity index (χ2v) is 3.72. The predicted molar refractivity (Wildman–Crippen MR) is 61.8 cm³/mol. The molecule has 0 aromatic heterocycles. The molecule has 5 nitrogen and oxygen atoms in total. The van der Waals surface area contributed by atoms with Gasteiger partial charge in [-0.3, -0.25) is 9.69 Å². The van der Waals surface area contributed by atoms with E-state index < -0.39 is 12.3 Å². The van der Waals surface area contributed by atoms with E-state index in [1.807, 2.05) is 0 Å². The minimum Gasteiger partial charge on any atom is -0.336 e. The standard InChI is InChI=1S/C11H11F2N3O2/c12-9(13)10(17)15-7-2-1-3-8(6-7)16-5-4-14-11(16)18/h1-3,6,9H,4-5H2,(H,14,18)(H,15,17). The Morgan fingerprint density at radius 1 is 1.44 bits per heavy atom. The summed E-state index contributed by atoms with van der Waals surface area (Å²) in [7, 11) is 0. The van der Waals surface area contributed by atoms with Crippen molar-refractivity contribution in [2.45, 2.75) is 6.43 Å². The highest BCUT2D eigenvalue weighted by Crippen LogP contribution is 2.21. The van der Waals surface area contributed by atoms with Crippen LogP contribution in [0.5, 0.6) is 0 Å². The number of carbonyl (C=O) groups excluding carboxylic acids is 2. The number of urea groups is 1. The van der Waals surface area contributed by atoms with Crippen molar-refractivity contribution in [1.82, 2.24) is 5.32 Å². The highest BCUT2D eigenvalue weighted by atomic mass is 19.3. The molecule has 0 bridgehead atoms. The molecule has 0 spiro atoms. The molecule has 1 fully saturated rings. The monoisotopic (exact) mass is 255 g/mol. The van der Waals surface area contributed by atoms with Crippen LogP contribution in [0.2, 0.25) is 0 Å². The number of carbonyl (C=O) groups is 2. The molecule has 1 aromatic carbocycles. The van der Waals surface area contributed by atoms with Crippen molar-refractivity contribution in [2.75, 3.05) is 23.3 Å². The van der Waals surface area contributed by atoms with Gasteiger partial charge in [0.25, 0.3) is 5.91 Å². The normalized spacial score (nSPS) is 14.8. The van der Waals surface area contributed by atoms with E-state index in [0.717, 1.165) is 0 Å². The van der Waals surface area contributed by atoms with E-state index in [-0.39, 0.29) is 11.7 Å². The first-order chi connectivity index (χ1) is 8.58. The smallest absolute Gasteiger partial charge is 0.321 e. The summed E-state index contributed by atoms with van der Waals surface area (Å²) in [5, 5.41) is 4.70. The number of rotatable bonds is 3. The highest BCUT2D eigenvalue weighted by molar-refractivity contribution is 5.96. The summed E-state index contributed by atoms with van der Waals surface area (Å²) < 4.78 is 24.2. The fourth-order valence-corrected chi connectivity index (χ4v) is 1.67. The van der Waals surface area contributed by atoms with Crippen LogP contribution in [0.25, 0.3) is 0 Å². The van der Waals surface area contributed by atoms with E-state index in [1.54, 1.807) is 12.1 Å². The molecule has 1 saturated heterocycles. The average Bonchev–Trinajstić information content (AvgIpc) is 2.75. The van der Waals surface area contributed by atoms with E-state index in [4.69, 9.17) is 0 Å². The lowest BCUT2D eigenvalue weighted by Crippen LogP contribution is -2.27. The summed E-state index contributed by atoms with van der Waals surface area (Å²) in [6, 6.07) is 5.97. The molecular formula is C11H11F2N3O2. The average molecular weight is 255 g/mol. The zero-order valence-electron chi connectivity index (χ0n) is 9.32. The first kappa shape index (κ1) is 12.3. The van der Waals surface area contributed by atoms with Gasteiger partial charge in [-0.25, -0.2) is 4.79 Å². The Morgan fingerprint density at radius 2 is 2.22 bits per heavy atom. The van der Waals surface area contributed by atoms with Gasteiger partial charge in [0.05, 0.1) is 0 Å². The van der Waals surface area contributed by atoms with Crippen LogP contribution in [0.1, 0.15) is 0 Å². The summed E-state index contributed by atoms with van der Waals surface area (Å²) in [5.41, 5.74) is 0.787. The zero-order valence-corrected chi connectivity index (χ0v) is 9.32. The highest BCUT2D eigenvalue weighted by Gasteiger charge is 2.21. The molecule has 18 heavy (non-hydrogen) atoms. The largest absolute Gasteiger partial charge is 0.336 e. The molecule has 0 unspecified atom stereocenters. The molecule has 96 valence electrons. The number of nitrogens with zero attached hydrogens (tertiary/aromatic N) is 1. The Hall–Kier alpha value is -2.18. The molecule has 1 aliphatic rings. The van der Waals surface area contributed by atoms with Crippen molar-refractivity contribution < 1.29 is 18.4 Å². The Labute approximate surface area is 102 Å². The van der Waals surface area contributed by atoms with Crippen LogP contribution in [0.4, 0.5) is 25.0 Å². The lowest BCUT2D eigenvalue weighted by atomic mass is 10.2. The Morgan fingerprint density at radius 3 is 2.83 bits per heavy atom. The number of anilines is 2. The van der Waals surface area contributed by atoms with Gasteiger partial charge in [0.1, 0.15) is 0 Å². The van der Waals surface area contributed by atoms with Crippen LogP contribution in [-0.4, -0.2) is 31.5 Å². The molecule has 2 rings (SSSR count). The third-order valence-corrected chi connectivity index (χ3v) is 2.48. The molecule has 0 aliphatic carbocycles.